The molecule has 1 aliphatic carbocycles. The number of ether oxygens (including phenoxy) is 2. The summed E-state index contributed by atoms with van der Waals surface area (Å²) in [6, 6.07) is 0. The van der Waals surface area contributed by atoms with E-state index in [1.54, 1.807) is 0 Å². The molecule has 1 fully saturated rings. The molecule has 4 atom stereocenters. The lowest BCUT2D eigenvalue weighted by Gasteiger charge is -2.25. The highest BCUT2D eigenvalue weighted by molar-refractivity contribution is 5.75. The monoisotopic (exact) mass is 292 g/mol. The lowest BCUT2D eigenvalue weighted by Crippen LogP contribution is -2.28. The van der Waals surface area contributed by atoms with E-state index in [2.05, 4.69) is 19.1 Å². The first-order valence-electron chi connectivity index (χ1n) is 7.60. The fraction of sp³-hybridized carbons (Fsp3) is 0.647. The van der Waals surface area contributed by atoms with Crippen LogP contribution >= 0.6 is 0 Å². The number of esters is 2. The molecular formula is C17H24O4. The van der Waals surface area contributed by atoms with Crippen molar-refractivity contribution in [3.63, 3.8) is 0 Å². The molecule has 0 radical (unpaired) electrons. The van der Waals surface area contributed by atoms with Gasteiger partial charge in [0.25, 0.3) is 0 Å². The van der Waals surface area contributed by atoms with Crippen LogP contribution in [0.3, 0.4) is 0 Å². The van der Waals surface area contributed by atoms with Crippen LogP contribution in [0.1, 0.15) is 47.0 Å². The Bertz CT molecular complexity index is 489. The van der Waals surface area contributed by atoms with Crippen LogP contribution in [0.25, 0.3) is 0 Å². The number of carbonyl (C=O) groups is 2. The molecule has 0 aromatic rings. The molecule has 0 saturated carbocycles. The smallest absolute Gasteiger partial charge is 0.309 e. The Kier molecular flexibility index (Phi) is 4.86. The van der Waals surface area contributed by atoms with Gasteiger partial charge < -0.3 is 9.47 Å². The number of rotatable bonds is 1. The molecule has 1 aliphatic heterocycles. The molecule has 1 unspecified atom stereocenters. The molecule has 116 valence electrons. The van der Waals surface area contributed by atoms with Crippen LogP contribution in [0.15, 0.2) is 23.3 Å². The van der Waals surface area contributed by atoms with Gasteiger partial charge in [-0.1, -0.05) is 18.6 Å². The molecule has 4 nitrogen and oxygen atoms in total. The van der Waals surface area contributed by atoms with E-state index in [4.69, 9.17) is 9.47 Å². The molecule has 0 N–H and O–H groups in total. The van der Waals surface area contributed by atoms with Gasteiger partial charge in [-0.15, -0.1) is 0 Å². The van der Waals surface area contributed by atoms with E-state index in [0.29, 0.717) is 6.42 Å². The summed E-state index contributed by atoms with van der Waals surface area (Å²) in [7, 11) is 0. The van der Waals surface area contributed by atoms with Crippen LogP contribution < -0.4 is 0 Å². The second-order valence-corrected chi connectivity index (χ2v) is 6.19. The molecule has 4 heteroatoms. The number of fused-ring (bicyclic) bond motifs is 1. The summed E-state index contributed by atoms with van der Waals surface area (Å²) in [5, 5.41) is 0. The average molecular weight is 292 g/mol. The maximum atomic E-state index is 11.9. The molecule has 0 aromatic carbocycles. The molecule has 0 spiro atoms. The lowest BCUT2D eigenvalue weighted by molar-refractivity contribution is -0.145. The van der Waals surface area contributed by atoms with Crippen LogP contribution in [-0.4, -0.2) is 24.1 Å². The number of carbonyl (C=O) groups excluding carboxylic acids is 2. The summed E-state index contributed by atoms with van der Waals surface area (Å²) in [6.07, 6.45) is 6.20. The molecular weight excluding hydrogens is 268 g/mol. The molecule has 0 amide bonds. The van der Waals surface area contributed by atoms with Gasteiger partial charge in [0.1, 0.15) is 12.2 Å². The van der Waals surface area contributed by atoms with Crippen molar-refractivity contribution in [1.82, 2.24) is 0 Å². The summed E-state index contributed by atoms with van der Waals surface area (Å²) in [5.74, 6) is -0.551. The van der Waals surface area contributed by atoms with E-state index in [0.717, 1.165) is 18.4 Å². The van der Waals surface area contributed by atoms with Crippen molar-refractivity contribution in [2.75, 3.05) is 0 Å². The summed E-state index contributed by atoms with van der Waals surface area (Å²) in [6.45, 7) is 7.38. The summed E-state index contributed by atoms with van der Waals surface area (Å²) < 4.78 is 11.0. The van der Waals surface area contributed by atoms with Crippen molar-refractivity contribution >= 4 is 11.9 Å². The average Bonchev–Trinajstić information content (AvgIpc) is 2.64. The van der Waals surface area contributed by atoms with E-state index in [1.807, 2.05) is 13.8 Å². The van der Waals surface area contributed by atoms with E-state index in [1.165, 1.54) is 12.5 Å². The Labute approximate surface area is 126 Å². The van der Waals surface area contributed by atoms with Gasteiger partial charge in [-0.3, -0.25) is 9.59 Å². The first-order chi connectivity index (χ1) is 9.88. The predicted octanol–water partition coefficient (Wildman–Crippen LogP) is 3.17. The van der Waals surface area contributed by atoms with E-state index >= 15 is 0 Å². The second kappa shape index (κ2) is 6.46. The summed E-state index contributed by atoms with van der Waals surface area (Å²) >= 11 is 0. The first kappa shape index (κ1) is 15.8. The Hall–Kier alpha value is -1.58. The van der Waals surface area contributed by atoms with Crippen molar-refractivity contribution in [2.24, 2.45) is 11.8 Å². The third-order valence-electron chi connectivity index (χ3n) is 4.44. The fourth-order valence-electron chi connectivity index (χ4n) is 3.08. The van der Waals surface area contributed by atoms with Crippen LogP contribution in [0, 0.1) is 11.8 Å². The van der Waals surface area contributed by atoms with Crippen molar-refractivity contribution < 1.29 is 19.1 Å². The van der Waals surface area contributed by atoms with Crippen molar-refractivity contribution in [1.29, 1.82) is 0 Å². The largest absolute Gasteiger partial charge is 0.458 e. The SMILES string of the molecule is CC(=O)O[C@H]1CC2[C@H](C)C(=O)O[C@@H]2/C=C(\C)CC/C=C/1C. The summed E-state index contributed by atoms with van der Waals surface area (Å²) in [5.41, 5.74) is 2.30. The number of hydrogen-bond acceptors (Lipinski definition) is 4. The van der Waals surface area contributed by atoms with E-state index in [9.17, 15) is 9.59 Å². The molecule has 1 saturated heterocycles. The predicted molar refractivity (Wildman–Crippen MR) is 79.5 cm³/mol. The highest BCUT2D eigenvalue weighted by atomic mass is 16.6. The summed E-state index contributed by atoms with van der Waals surface area (Å²) in [4.78, 5) is 23.2. The Morgan fingerprint density at radius 1 is 1.38 bits per heavy atom. The van der Waals surface area contributed by atoms with Gasteiger partial charge in [-0.2, -0.15) is 0 Å². The number of allylic oxidation sites excluding steroid dienone is 2. The molecule has 2 rings (SSSR count). The Morgan fingerprint density at radius 3 is 2.76 bits per heavy atom. The van der Waals surface area contributed by atoms with Crippen molar-refractivity contribution in [3.05, 3.63) is 23.3 Å². The van der Waals surface area contributed by atoms with Crippen molar-refractivity contribution in [2.45, 2.75) is 59.2 Å². The Balaban J connectivity index is 2.29. The van der Waals surface area contributed by atoms with Gasteiger partial charge in [-0.25, -0.2) is 0 Å². The second-order valence-electron chi connectivity index (χ2n) is 6.19. The third-order valence-corrected chi connectivity index (χ3v) is 4.44. The van der Waals surface area contributed by atoms with Gasteiger partial charge >= 0.3 is 11.9 Å². The molecule has 21 heavy (non-hydrogen) atoms. The zero-order valence-electron chi connectivity index (χ0n) is 13.2. The zero-order chi connectivity index (χ0) is 15.6. The van der Waals surface area contributed by atoms with Crippen LogP contribution in [-0.2, 0) is 19.1 Å². The maximum absolute atomic E-state index is 11.9. The van der Waals surface area contributed by atoms with Gasteiger partial charge in [0, 0.05) is 12.8 Å². The quantitative estimate of drug-likeness (QED) is 0.550. The highest BCUT2D eigenvalue weighted by Gasteiger charge is 2.42. The fourth-order valence-corrected chi connectivity index (χ4v) is 3.08. The van der Waals surface area contributed by atoms with Gasteiger partial charge in [0.15, 0.2) is 0 Å². The standard InChI is InChI=1S/C17H24O4/c1-10-6-5-7-11(2)15(20-13(4)18)9-14-12(3)17(19)21-16(14)8-10/h7-8,12,14-16H,5-6,9H2,1-4H3/b10-8+,11-7+/t12-,14?,15-,16+/m0/s1. The van der Waals surface area contributed by atoms with Gasteiger partial charge in [0.05, 0.1) is 5.92 Å². The highest BCUT2D eigenvalue weighted by Crippen LogP contribution is 2.36. The molecule has 1 heterocycles. The molecule has 0 bridgehead atoms. The van der Waals surface area contributed by atoms with Gasteiger partial charge in [0.2, 0.25) is 0 Å². The van der Waals surface area contributed by atoms with Crippen LogP contribution in [0.2, 0.25) is 0 Å². The first-order valence-corrected chi connectivity index (χ1v) is 7.60. The molecule has 2 aliphatic rings. The van der Waals surface area contributed by atoms with Gasteiger partial charge in [-0.05, 0) is 44.8 Å². The minimum absolute atomic E-state index is 0.0539. The van der Waals surface area contributed by atoms with E-state index in [-0.39, 0.29) is 36.0 Å². The lowest BCUT2D eigenvalue weighted by atomic mass is 9.83. The minimum Gasteiger partial charge on any atom is -0.458 e. The number of hydrogen-bond donors (Lipinski definition) is 0. The zero-order valence-corrected chi connectivity index (χ0v) is 13.2. The minimum atomic E-state index is -0.286. The topological polar surface area (TPSA) is 52.6 Å². The van der Waals surface area contributed by atoms with Crippen LogP contribution in [0.5, 0.6) is 0 Å². The Morgan fingerprint density at radius 2 is 2.10 bits per heavy atom. The third kappa shape index (κ3) is 3.74. The maximum Gasteiger partial charge on any atom is 0.309 e. The van der Waals surface area contributed by atoms with Crippen LogP contribution in [0.4, 0.5) is 0 Å². The van der Waals surface area contributed by atoms with Crippen molar-refractivity contribution in [3.8, 4) is 0 Å². The van der Waals surface area contributed by atoms with E-state index < -0.39 is 0 Å². The normalized spacial score (nSPS) is 38.4. The molecule has 0 aromatic heterocycles.